The maximum absolute atomic E-state index is 6.06. The van der Waals surface area contributed by atoms with Crippen molar-refractivity contribution in [3.63, 3.8) is 0 Å². The molecule has 0 saturated heterocycles. The Balaban J connectivity index is 2.35. The number of rotatable bonds is 6. The molecule has 1 nitrogen and oxygen atoms in total. The van der Waals surface area contributed by atoms with Crippen molar-refractivity contribution in [1.29, 1.82) is 0 Å². The van der Waals surface area contributed by atoms with Gasteiger partial charge in [-0.25, -0.2) is 0 Å². The lowest BCUT2D eigenvalue weighted by molar-refractivity contribution is 0.622. The molecule has 1 N–H and O–H groups in total. The fourth-order valence-corrected chi connectivity index (χ4v) is 1.87. The Hall–Kier alpha value is 0.0500. The molecule has 0 heterocycles. The molecule has 0 saturated carbocycles. The summed E-state index contributed by atoms with van der Waals surface area (Å²) in [6, 6.07) is 5.67. The summed E-state index contributed by atoms with van der Waals surface area (Å²) in [5, 5.41) is 4.80. The summed E-state index contributed by atoms with van der Waals surface area (Å²) >= 11 is 18.0. The zero-order valence-electron chi connectivity index (χ0n) is 9.27. The van der Waals surface area contributed by atoms with Crippen molar-refractivity contribution in [1.82, 2.24) is 5.32 Å². The summed E-state index contributed by atoms with van der Waals surface area (Å²) in [7, 11) is 0. The fourth-order valence-electron chi connectivity index (χ4n) is 1.37. The van der Waals surface area contributed by atoms with Crippen molar-refractivity contribution >= 4 is 34.8 Å². The molecule has 1 unspecified atom stereocenters. The van der Waals surface area contributed by atoms with Crippen LogP contribution in [-0.2, 0) is 6.54 Å². The topological polar surface area (TPSA) is 12.0 Å². The van der Waals surface area contributed by atoms with E-state index in [1.807, 2.05) is 12.1 Å². The second-order valence-corrected chi connectivity index (χ2v) is 5.09. The van der Waals surface area contributed by atoms with Gasteiger partial charge in [-0.1, -0.05) is 42.3 Å². The smallest absolute Gasteiger partial charge is 0.0637 e. The van der Waals surface area contributed by atoms with Gasteiger partial charge in [-0.3, -0.25) is 0 Å². The molecule has 0 fully saturated rings. The molecule has 0 amide bonds. The average Bonchev–Trinajstić information content (AvgIpc) is 2.29. The highest BCUT2D eigenvalue weighted by molar-refractivity contribution is 6.42. The molecule has 1 aromatic rings. The first-order valence-corrected chi connectivity index (χ1v) is 6.62. The van der Waals surface area contributed by atoms with Gasteiger partial charge in [0.1, 0.15) is 0 Å². The van der Waals surface area contributed by atoms with E-state index < -0.39 is 0 Å². The Labute approximate surface area is 112 Å². The van der Waals surface area contributed by atoms with Gasteiger partial charge in [-0.15, -0.1) is 11.6 Å². The first-order chi connectivity index (χ1) is 7.65. The van der Waals surface area contributed by atoms with Crippen LogP contribution in [0.2, 0.25) is 10.0 Å². The van der Waals surface area contributed by atoms with Crippen LogP contribution in [-0.4, -0.2) is 11.9 Å². The largest absolute Gasteiger partial charge is 0.313 e. The van der Waals surface area contributed by atoms with Crippen LogP contribution in [0.3, 0.4) is 0 Å². The normalized spacial score (nSPS) is 12.8. The van der Waals surface area contributed by atoms with Gasteiger partial charge in [-0.05, 0) is 31.0 Å². The van der Waals surface area contributed by atoms with Crippen LogP contribution >= 0.6 is 34.8 Å². The Kier molecular flexibility index (Phi) is 6.52. The lowest BCUT2D eigenvalue weighted by atomic mass is 10.2. The second-order valence-electron chi connectivity index (χ2n) is 3.68. The minimum Gasteiger partial charge on any atom is -0.313 e. The fraction of sp³-hybridized carbons (Fsp3) is 0.500. The molecule has 0 aliphatic rings. The van der Waals surface area contributed by atoms with Gasteiger partial charge in [0.05, 0.1) is 10.0 Å². The Morgan fingerprint density at radius 2 is 2.06 bits per heavy atom. The molecule has 1 atom stereocenters. The van der Waals surface area contributed by atoms with E-state index in [2.05, 4.69) is 12.2 Å². The van der Waals surface area contributed by atoms with E-state index in [-0.39, 0.29) is 5.38 Å². The van der Waals surface area contributed by atoms with E-state index >= 15 is 0 Å². The number of alkyl halides is 1. The molecule has 4 heteroatoms. The third-order valence-corrected chi connectivity index (χ3v) is 3.81. The van der Waals surface area contributed by atoms with Crippen molar-refractivity contribution in [2.24, 2.45) is 0 Å². The van der Waals surface area contributed by atoms with E-state index in [9.17, 15) is 0 Å². The van der Waals surface area contributed by atoms with Crippen molar-refractivity contribution in [3.05, 3.63) is 33.8 Å². The van der Waals surface area contributed by atoms with E-state index in [4.69, 9.17) is 34.8 Å². The number of nitrogens with one attached hydrogen (secondary N) is 1. The highest BCUT2D eigenvalue weighted by Gasteiger charge is 2.04. The molecular formula is C12H16Cl3N. The first kappa shape index (κ1) is 14.1. The minimum atomic E-state index is 0.252. The number of hydrogen-bond donors (Lipinski definition) is 1. The maximum Gasteiger partial charge on any atom is 0.0637 e. The molecule has 16 heavy (non-hydrogen) atoms. The summed E-state index contributed by atoms with van der Waals surface area (Å²) in [5.74, 6) is 0. The summed E-state index contributed by atoms with van der Waals surface area (Å²) in [6.45, 7) is 3.71. The molecule has 0 spiro atoms. The first-order valence-electron chi connectivity index (χ1n) is 5.42. The Bertz CT molecular complexity index is 328. The quantitative estimate of drug-likeness (QED) is 0.598. The molecule has 1 rings (SSSR count). The van der Waals surface area contributed by atoms with Gasteiger partial charge in [0, 0.05) is 11.9 Å². The van der Waals surface area contributed by atoms with E-state index in [0.29, 0.717) is 10.0 Å². The van der Waals surface area contributed by atoms with Crippen LogP contribution in [0.1, 0.15) is 25.3 Å². The predicted octanol–water partition coefficient (Wildman–Crippen LogP) is 4.49. The minimum absolute atomic E-state index is 0.252. The summed E-state index contributed by atoms with van der Waals surface area (Å²) < 4.78 is 0. The summed E-state index contributed by atoms with van der Waals surface area (Å²) in [5.41, 5.74) is 1.02. The maximum atomic E-state index is 6.06. The molecule has 0 aliphatic carbocycles. The third kappa shape index (κ3) is 4.50. The van der Waals surface area contributed by atoms with Crippen LogP contribution in [0.15, 0.2) is 18.2 Å². The van der Waals surface area contributed by atoms with Crippen LogP contribution in [0, 0.1) is 0 Å². The van der Waals surface area contributed by atoms with Gasteiger partial charge in [0.2, 0.25) is 0 Å². The molecule has 0 aromatic heterocycles. The SMILES string of the molecule is CCC(Cl)CCNCc1cccc(Cl)c1Cl. The Morgan fingerprint density at radius 1 is 1.31 bits per heavy atom. The molecule has 0 radical (unpaired) electrons. The van der Waals surface area contributed by atoms with Crippen LogP contribution in [0.4, 0.5) is 0 Å². The van der Waals surface area contributed by atoms with E-state index in [1.54, 1.807) is 6.07 Å². The van der Waals surface area contributed by atoms with E-state index in [0.717, 1.165) is 31.5 Å². The van der Waals surface area contributed by atoms with Gasteiger partial charge in [0.25, 0.3) is 0 Å². The average molecular weight is 281 g/mol. The second kappa shape index (κ2) is 7.39. The van der Waals surface area contributed by atoms with Gasteiger partial charge in [0.15, 0.2) is 0 Å². The molecule has 90 valence electrons. The number of halogens is 3. The highest BCUT2D eigenvalue weighted by atomic mass is 35.5. The lowest BCUT2D eigenvalue weighted by Gasteiger charge is -2.09. The number of benzene rings is 1. The van der Waals surface area contributed by atoms with Crippen LogP contribution < -0.4 is 5.32 Å². The van der Waals surface area contributed by atoms with Gasteiger partial charge in [-0.2, -0.15) is 0 Å². The molecule has 0 bridgehead atoms. The third-order valence-electron chi connectivity index (χ3n) is 2.42. The van der Waals surface area contributed by atoms with Gasteiger partial charge < -0.3 is 5.32 Å². The summed E-state index contributed by atoms with van der Waals surface area (Å²) in [4.78, 5) is 0. The zero-order valence-corrected chi connectivity index (χ0v) is 11.5. The van der Waals surface area contributed by atoms with Gasteiger partial charge >= 0.3 is 0 Å². The summed E-state index contributed by atoms with van der Waals surface area (Å²) in [6.07, 6.45) is 1.97. The van der Waals surface area contributed by atoms with Crippen molar-refractivity contribution < 1.29 is 0 Å². The zero-order chi connectivity index (χ0) is 12.0. The molecular weight excluding hydrogens is 264 g/mol. The monoisotopic (exact) mass is 279 g/mol. The Morgan fingerprint density at radius 3 is 2.75 bits per heavy atom. The van der Waals surface area contributed by atoms with E-state index in [1.165, 1.54) is 0 Å². The van der Waals surface area contributed by atoms with Crippen molar-refractivity contribution in [2.75, 3.05) is 6.54 Å². The predicted molar refractivity (Wildman–Crippen MR) is 72.7 cm³/mol. The standard InChI is InChI=1S/C12H16Cl3N/c1-2-10(13)6-7-16-8-9-4-3-5-11(14)12(9)15/h3-5,10,16H,2,6-8H2,1H3. The molecule has 1 aromatic carbocycles. The lowest BCUT2D eigenvalue weighted by Crippen LogP contribution is -2.18. The highest BCUT2D eigenvalue weighted by Crippen LogP contribution is 2.25. The van der Waals surface area contributed by atoms with Crippen molar-refractivity contribution in [3.8, 4) is 0 Å². The van der Waals surface area contributed by atoms with Crippen molar-refractivity contribution in [2.45, 2.75) is 31.7 Å². The molecule has 0 aliphatic heterocycles. The van der Waals surface area contributed by atoms with Crippen LogP contribution in [0.25, 0.3) is 0 Å². The van der Waals surface area contributed by atoms with Crippen LogP contribution in [0.5, 0.6) is 0 Å². The number of hydrogen-bond acceptors (Lipinski definition) is 1.